The maximum Gasteiger partial charge on any atom is 0.224 e. The van der Waals surface area contributed by atoms with Crippen LogP contribution in [0, 0.1) is 6.92 Å². The van der Waals surface area contributed by atoms with E-state index in [1.54, 1.807) is 6.07 Å². The van der Waals surface area contributed by atoms with Crippen molar-refractivity contribution in [3.8, 4) is 5.75 Å². The molecule has 1 amide bonds. The first kappa shape index (κ1) is 21.6. The lowest BCUT2D eigenvalue weighted by molar-refractivity contribution is -0.116. The van der Waals surface area contributed by atoms with Crippen LogP contribution in [0.4, 0.5) is 17.2 Å². The van der Waals surface area contributed by atoms with Crippen molar-refractivity contribution in [2.24, 2.45) is 0 Å². The summed E-state index contributed by atoms with van der Waals surface area (Å²) in [5.41, 5.74) is 3.60. The van der Waals surface area contributed by atoms with Gasteiger partial charge in [-0.1, -0.05) is 36.7 Å². The number of hydrogen-bond acceptors (Lipinski definition) is 5. The van der Waals surface area contributed by atoms with Crippen LogP contribution in [0.5, 0.6) is 5.75 Å². The van der Waals surface area contributed by atoms with Crippen LogP contribution < -0.4 is 15.4 Å². The molecule has 0 atom stereocenters. The van der Waals surface area contributed by atoms with Crippen LogP contribution >= 0.6 is 11.6 Å². The van der Waals surface area contributed by atoms with Gasteiger partial charge in [0.15, 0.2) is 0 Å². The summed E-state index contributed by atoms with van der Waals surface area (Å²) in [4.78, 5) is 20.8. The van der Waals surface area contributed by atoms with Gasteiger partial charge in [-0.3, -0.25) is 4.79 Å². The van der Waals surface area contributed by atoms with Crippen molar-refractivity contribution < 1.29 is 9.53 Å². The first-order chi connectivity index (χ1) is 14.5. The zero-order valence-electron chi connectivity index (χ0n) is 17.1. The lowest BCUT2D eigenvalue weighted by Crippen LogP contribution is -2.14. The molecular weight excluding hydrogens is 400 g/mol. The number of carbonyl (C=O) groups is 1. The van der Waals surface area contributed by atoms with Gasteiger partial charge in [-0.05, 0) is 49.6 Å². The summed E-state index contributed by atoms with van der Waals surface area (Å²) in [5.74, 6) is 1.29. The highest BCUT2D eigenvalue weighted by Crippen LogP contribution is 2.25. The molecule has 1 heterocycles. The number of anilines is 3. The first-order valence-electron chi connectivity index (χ1n) is 9.91. The van der Waals surface area contributed by atoms with E-state index in [1.807, 2.05) is 49.4 Å². The number of hydrogen-bond donors (Lipinski definition) is 2. The van der Waals surface area contributed by atoms with E-state index in [9.17, 15) is 4.79 Å². The topological polar surface area (TPSA) is 76.1 Å². The molecule has 0 aliphatic carbocycles. The van der Waals surface area contributed by atoms with Gasteiger partial charge in [0.25, 0.3) is 0 Å². The van der Waals surface area contributed by atoms with Crippen molar-refractivity contribution in [3.63, 3.8) is 0 Å². The van der Waals surface area contributed by atoms with E-state index in [0.29, 0.717) is 36.0 Å². The molecule has 30 heavy (non-hydrogen) atoms. The molecule has 0 aliphatic heterocycles. The fourth-order valence-corrected chi connectivity index (χ4v) is 3.13. The summed E-state index contributed by atoms with van der Waals surface area (Å²) in [5, 5.41) is 6.83. The third kappa shape index (κ3) is 6.19. The van der Waals surface area contributed by atoms with Gasteiger partial charge >= 0.3 is 0 Å². The normalized spacial score (nSPS) is 10.5. The van der Waals surface area contributed by atoms with Gasteiger partial charge in [-0.25, -0.2) is 9.97 Å². The molecule has 3 aromatic rings. The van der Waals surface area contributed by atoms with Gasteiger partial charge in [0, 0.05) is 29.6 Å². The summed E-state index contributed by atoms with van der Waals surface area (Å²) < 4.78 is 5.64. The van der Waals surface area contributed by atoms with E-state index in [0.717, 1.165) is 29.1 Å². The maximum atomic E-state index is 12.4. The number of nitrogens with zero attached hydrogens (tertiary/aromatic N) is 2. The summed E-state index contributed by atoms with van der Waals surface area (Å²) in [6, 6.07) is 15.1. The Bertz CT molecular complexity index is 1010. The lowest BCUT2D eigenvalue weighted by Gasteiger charge is -2.13. The number of ether oxygens (including phenoxy) is 1. The average molecular weight is 425 g/mol. The predicted octanol–water partition coefficient (Wildman–Crippen LogP) is 5.54. The van der Waals surface area contributed by atoms with Crippen molar-refractivity contribution in [3.05, 3.63) is 71.1 Å². The zero-order chi connectivity index (χ0) is 21.3. The number of nitrogens with one attached hydrogen (secondary N) is 2. The Kier molecular flexibility index (Phi) is 7.63. The SMILES string of the molecule is CCc1ccc(Nc2cc(C)ncn2)cc1NC(=O)CCCOc1ccccc1Cl. The Hall–Kier alpha value is -3.12. The summed E-state index contributed by atoms with van der Waals surface area (Å²) in [6.07, 6.45) is 3.29. The number of carbonyl (C=O) groups excluding carboxylic acids is 1. The van der Waals surface area contributed by atoms with E-state index in [-0.39, 0.29) is 5.91 Å². The van der Waals surface area contributed by atoms with Crippen LogP contribution in [-0.4, -0.2) is 22.5 Å². The number of para-hydroxylation sites is 1. The van der Waals surface area contributed by atoms with Gasteiger partial charge < -0.3 is 15.4 Å². The number of amides is 1. The van der Waals surface area contributed by atoms with Crippen LogP contribution in [0.2, 0.25) is 5.02 Å². The van der Waals surface area contributed by atoms with Gasteiger partial charge in [0.05, 0.1) is 11.6 Å². The minimum absolute atomic E-state index is 0.0533. The second-order valence-corrected chi connectivity index (χ2v) is 7.23. The molecule has 0 radical (unpaired) electrons. The molecule has 2 N–H and O–H groups in total. The van der Waals surface area contributed by atoms with E-state index >= 15 is 0 Å². The Labute approximate surface area is 181 Å². The van der Waals surface area contributed by atoms with Crippen molar-refractivity contribution >= 4 is 34.7 Å². The molecule has 0 saturated carbocycles. The molecular formula is C23H25ClN4O2. The summed E-state index contributed by atoms with van der Waals surface area (Å²) in [6.45, 7) is 4.39. The number of aromatic nitrogens is 2. The Balaban J connectivity index is 1.56. The molecule has 0 spiro atoms. The zero-order valence-corrected chi connectivity index (χ0v) is 17.9. The molecule has 7 heteroatoms. The van der Waals surface area contributed by atoms with Crippen molar-refractivity contribution in [2.75, 3.05) is 17.2 Å². The fourth-order valence-electron chi connectivity index (χ4n) is 2.94. The van der Waals surface area contributed by atoms with Crippen molar-refractivity contribution in [1.29, 1.82) is 0 Å². The molecule has 6 nitrogen and oxygen atoms in total. The Morgan fingerprint density at radius 2 is 1.97 bits per heavy atom. The lowest BCUT2D eigenvalue weighted by atomic mass is 10.1. The van der Waals surface area contributed by atoms with Crippen LogP contribution in [0.25, 0.3) is 0 Å². The highest BCUT2D eigenvalue weighted by atomic mass is 35.5. The molecule has 1 aromatic heterocycles. The van der Waals surface area contributed by atoms with Crippen LogP contribution in [0.15, 0.2) is 54.9 Å². The molecule has 3 rings (SSSR count). The Morgan fingerprint density at radius 1 is 1.13 bits per heavy atom. The number of halogens is 1. The van der Waals surface area contributed by atoms with E-state index in [1.165, 1.54) is 6.33 Å². The van der Waals surface area contributed by atoms with E-state index < -0.39 is 0 Å². The number of rotatable bonds is 9. The molecule has 0 saturated heterocycles. The van der Waals surface area contributed by atoms with Gasteiger partial charge in [0.2, 0.25) is 5.91 Å². The summed E-state index contributed by atoms with van der Waals surface area (Å²) in [7, 11) is 0. The van der Waals surface area contributed by atoms with Crippen LogP contribution in [0.1, 0.15) is 31.0 Å². The molecule has 0 bridgehead atoms. The quantitative estimate of drug-likeness (QED) is 0.441. The van der Waals surface area contributed by atoms with E-state index in [2.05, 4.69) is 27.5 Å². The third-order valence-corrected chi connectivity index (χ3v) is 4.80. The maximum absolute atomic E-state index is 12.4. The van der Waals surface area contributed by atoms with Gasteiger partial charge in [-0.15, -0.1) is 0 Å². The monoisotopic (exact) mass is 424 g/mol. The number of benzene rings is 2. The second kappa shape index (κ2) is 10.6. The molecule has 0 aliphatic rings. The molecule has 0 fully saturated rings. The van der Waals surface area contributed by atoms with Crippen molar-refractivity contribution in [2.45, 2.75) is 33.1 Å². The minimum Gasteiger partial charge on any atom is -0.492 e. The van der Waals surface area contributed by atoms with Crippen LogP contribution in [-0.2, 0) is 11.2 Å². The first-order valence-corrected chi connectivity index (χ1v) is 10.3. The standard InChI is InChI=1S/C23H25ClN4O2/c1-3-17-10-11-18(27-22-13-16(2)25-15-26-22)14-20(17)28-23(29)9-6-12-30-21-8-5-4-7-19(21)24/h4-5,7-8,10-11,13-15H,3,6,9,12H2,1-2H3,(H,28,29)(H,25,26,27). The van der Waals surface area contributed by atoms with Gasteiger partial charge in [-0.2, -0.15) is 0 Å². The summed E-state index contributed by atoms with van der Waals surface area (Å²) >= 11 is 6.07. The predicted molar refractivity (Wildman–Crippen MR) is 121 cm³/mol. The third-order valence-electron chi connectivity index (χ3n) is 4.48. The minimum atomic E-state index is -0.0533. The average Bonchev–Trinajstić information content (AvgIpc) is 2.73. The highest BCUT2D eigenvalue weighted by molar-refractivity contribution is 6.32. The number of aryl methyl sites for hydroxylation is 2. The van der Waals surface area contributed by atoms with E-state index in [4.69, 9.17) is 16.3 Å². The van der Waals surface area contributed by atoms with Gasteiger partial charge in [0.1, 0.15) is 17.9 Å². The smallest absolute Gasteiger partial charge is 0.224 e. The molecule has 156 valence electrons. The molecule has 2 aromatic carbocycles. The van der Waals surface area contributed by atoms with Crippen LogP contribution in [0.3, 0.4) is 0 Å². The largest absolute Gasteiger partial charge is 0.492 e. The van der Waals surface area contributed by atoms with Crippen molar-refractivity contribution in [1.82, 2.24) is 9.97 Å². The molecule has 0 unspecified atom stereocenters. The highest BCUT2D eigenvalue weighted by Gasteiger charge is 2.09. The fraction of sp³-hybridized carbons (Fsp3) is 0.261. The second-order valence-electron chi connectivity index (χ2n) is 6.83. The Morgan fingerprint density at radius 3 is 2.73 bits per heavy atom.